The second kappa shape index (κ2) is 7.07. The van der Waals surface area contributed by atoms with Gasteiger partial charge in [-0.15, -0.1) is 0 Å². The van der Waals surface area contributed by atoms with Crippen molar-refractivity contribution in [1.82, 2.24) is 14.8 Å². The Bertz CT molecular complexity index is 848. The quantitative estimate of drug-likeness (QED) is 0.669. The Labute approximate surface area is 151 Å². The summed E-state index contributed by atoms with van der Waals surface area (Å²) in [6.45, 7) is 3.69. The Kier molecular flexibility index (Phi) is 4.86. The van der Waals surface area contributed by atoms with Gasteiger partial charge in [-0.3, -0.25) is 4.79 Å². The van der Waals surface area contributed by atoms with Crippen molar-refractivity contribution in [3.63, 3.8) is 0 Å². The number of carbonyl (C=O) groups is 1. The summed E-state index contributed by atoms with van der Waals surface area (Å²) in [6.07, 6.45) is 1.92. The van der Waals surface area contributed by atoms with Gasteiger partial charge in [0, 0.05) is 5.02 Å². The van der Waals surface area contributed by atoms with E-state index in [1.54, 1.807) is 24.3 Å². The van der Waals surface area contributed by atoms with E-state index < -0.39 is 11.6 Å². The van der Waals surface area contributed by atoms with Gasteiger partial charge in [0.25, 0.3) is 6.23 Å². The lowest BCUT2D eigenvalue weighted by Gasteiger charge is -2.29. The molecular weight excluding hydrogens is 338 g/mol. The minimum absolute atomic E-state index is 0.149. The highest BCUT2D eigenvalue weighted by Gasteiger charge is 2.38. The van der Waals surface area contributed by atoms with Crippen molar-refractivity contribution in [3.8, 4) is 5.75 Å². The van der Waals surface area contributed by atoms with Crippen LogP contribution in [-0.4, -0.2) is 20.5 Å². The molecule has 0 saturated carbocycles. The van der Waals surface area contributed by atoms with E-state index in [2.05, 4.69) is 10.1 Å². The number of carbonyl (C=O) groups excluding carboxylic acids is 1. The minimum atomic E-state index is -0.932. The van der Waals surface area contributed by atoms with Crippen molar-refractivity contribution in [1.29, 1.82) is 0 Å². The number of Topliss-reactive ketones (excluding diaryl/α,β-unsaturated/α-hetero) is 1. The number of rotatable bonds is 6. The van der Waals surface area contributed by atoms with E-state index in [4.69, 9.17) is 16.3 Å². The van der Waals surface area contributed by atoms with Crippen LogP contribution in [0.15, 0.2) is 67.3 Å². The maximum absolute atomic E-state index is 13.3. The molecule has 2 aromatic carbocycles. The van der Waals surface area contributed by atoms with E-state index >= 15 is 0 Å². The first-order valence-electron chi connectivity index (χ1n) is 7.84. The lowest BCUT2D eigenvalue weighted by atomic mass is 9.80. The summed E-state index contributed by atoms with van der Waals surface area (Å²) < 4.78 is 7.35. The lowest BCUT2D eigenvalue weighted by molar-refractivity contribution is -0.135. The molecule has 0 bridgehead atoms. The number of hydrogen-bond donors (Lipinski definition) is 0. The molecule has 1 heterocycles. The molecule has 0 aliphatic carbocycles. The summed E-state index contributed by atoms with van der Waals surface area (Å²) >= 11 is 6.09. The number of aromatic nitrogens is 3. The molecule has 3 aromatic rings. The average molecular weight is 356 g/mol. The summed E-state index contributed by atoms with van der Waals surface area (Å²) in [6, 6.07) is 16.4. The van der Waals surface area contributed by atoms with Gasteiger partial charge in [0.05, 0.1) is 5.41 Å². The summed E-state index contributed by atoms with van der Waals surface area (Å²) in [5.74, 6) is 0.433. The molecule has 0 N–H and O–H groups in total. The summed E-state index contributed by atoms with van der Waals surface area (Å²) in [5, 5.41) is 4.68. The van der Waals surface area contributed by atoms with Gasteiger partial charge in [0.15, 0.2) is 0 Å². The molecule has 0 saturated heterocycles. The number of benzene rings is 2. The minimum Gasteiger partial charge on any atom is -0.461 e. The zero-order valence-electron chi connectivity index (χ0n) is 14.0. The smallest absolute Gasteiger partial charge is 0.252 e. The van der Waals surface area contributed by atoms with Crippen LogP contribution in [0.5, 0.6) is 5.75 Å². The highest BCUT2D eigenvalue weighted by atomic mass is 35.5. The van der Waals surface area contributed by atoms with Gasteiger partial charge in [-0.1, -0.05) is 41.9 Å². The van der Waals surface area contributed by atoms with Crippen LogP contribution in [0.2, 0.25) is 5.02 Å². The first-order chi connectivity index (χ1) is 12.0. The number of halogens is 1. The molecule has 1 unspecified atom stereocenters. The molecule has 0 spiro atoms. The Morgan fingerprint density at radius 1 is 1.16 bits per heavy atom. The van der Waals surface area contributed by atoms with Crippen molar-refractivity contribution in [3.05, 3.63) is 77.8 Å². The fraction of sp³-hybridized carbons (Fsp3) is 0.211. The molecule has 0 aliphatic heterocycles. The van der Waals surface area contributed by atoms with Crippen molar-refractivity contribution >= 4 is 17.4 Å². The fourth-order valence-corrected chi connectivity index (χ4v) is 2.71. The first kappa shape index (κ1) is 17.2. The van der Waals surface area contributed by atoms with Crippen LogP contribution in [-0.2, 0) is 10.2 Å². The summed E-state index contributed by atoms with van der Waals surface area (Å²) in [7, 11) is 0. The maximum atomic E-state index is 13.3. The molecule has 0 aliphatic rings. The summed E-state index contributed by atoms with van der Waals surface area (Å²) in [5.41, 5.74) is -0.0113. The van der Waals surface area contributed by atoms with Gasteiger partial charge >= 0.3 is 0 Å². The Balaban J connectivity index is 1.96. The average Bonchev–Trinajstić information content (AvgIpc) is 3.14. The van der Waals surface area contributed by atoms with Crippen LogP contribution in [0.1, 0.15) is 25.6 Å². The van der Waals surface area contributed by atoms with Crippen molar-refractivity contribution in [2.75, 3.05) is 0 Å². The first-order valence-corrected chi connectivity index (χ1v) is 8.22. The van der Waals surface area contributed by atoms with Gasteiger partial charge < -0.3 is 4.74 Å². The topological polar surface area (TPSA) is 57.0 Å². The third-order valence-corrected chi connectivity index (χ3v) is 4.29. The largest absolute Gasteiger partial charge is 0.461 e. The molecule has 3 rings (SSSR count). The molecule has 0 fully saturated rings. The Morgan fingerprint density at radius 2 is 1.92 bits per heavy atom. The molecule has 25 heavy (non-hydrogen) atoms. The molecule has 6 heteroatoms. The molecular formula is C19H18ClN3O2. The predicted octanol–water partition coefficient (Wildman–Crippen LogP) is 4.06. The molecule has 0 amide bonds. The molecule has 1 aromatic heterocycles. The normalized spacial score (nSPS) is 12.6. The van der Waals surface area contributed by atoms with Crippen LogP contribution in [0, 0.1) is 0 Å². The van der Waals surface area contributed by atoms with Crippen molar-refractivity contribution in [2.45, 2.75) is 25.5 Å². The highest BCUT2D eigenvalue weighted by Crippen LogP contribution is 2.31. The SMILES string of the molecule is CC(C)(C(=O)C(Oc1ccccc1)n1cncn1)c1cccc(Cl)c1. The third-order valence-electron chi connectivity index (χ3n) is 4.05. The van der Waals surface area contributed by atoms with E-state index in [1.165, 1.54) is 17.3 Å². The van der Waals surface area contributed by atoms with Crippen LogP contribution < -0.4 is 4.74 Å². The van der Waals surface area contributed by atoms with Gasteiger partial charge in [-0.05, 0) is 43.7 Å². The predicted molar refractivity (Wildman–Crippen MR) is 95.6 cm³/mol. The Morgan fingerprint density at radius 3 is 2.56 bits per heavy atom. The zero-order chi connectivity index (χ0) is 17.9. The van der Waals surface area contributed by atoms with Crippen LogP contribution in [0.3, 0.4) is 0 Å². The molecule has 1 atom stereocenters. The summed E-state index contributed by atoms with van der Waals surface area (Å²) in [4.78, 5) is 17.3. The number of ether oxygens (including phenoxy) is 1. The van der Waals surface area contributed by atoms with Crippen LogP contribution in [0.4, 0.5) is 0 Å². The Hall–Kier alpha value is -2.66. The maximum Gasteiger partial charge on any atom is 0.252 e. The third kappa shape index (κ3) is 3.72. The highest BCUT2D eigenvalue weighted by molar-refractivity contribution is 6.30. The van der Waals surface area contributed by atoms with Gasteiger partial charge in [0.2, 0.25) is 5.78 Å². The van der Waals surface area contributed by atoms with Gasteiger partial charge in [0.1, 0.15) is 18.4 Å². The van der Waals surface area contributed by atoms with E-state index in [0.717, 1.165) is 5.56 Å². The zero-order valence-corrected chi connectivity index (χ0v) is 14.7. The molecule has 5 nitrogen and oxygen atoms in total. The number of hydrogen-bond acceptors (Lipinski definition) is 4. The van der Waals surface area contributed by atoms with Crippen molar-refractivity contribution in [2.24, 2.45) is 0 Å². The molecule has 0 radical (unpaired) electrons. The number of ketones is 1. The van der Waals surface area contributed by atoms with E-state index in [0.29, 0.717) is 10.8 Å². The van der Waals surface area contributed by atoms with E-state index in [9.17, 15) is 4.79 Å². The standard InChI is InChI=1S/C19H18ClN3O2/c1-19(2,14-7-6-8-15(20)11-14)17(24)18(23-13-21-12-22-23)25-16-9-4-3-5-10-16/h3-13,18H,1-2H3. The van der Waals surface area contributed by atoms with E-state index in [1.807, 2.05) is 44.2 Å². The van der Waals surface area contributed by atoms with Gasteiger partial charge in [-0.2, -0.15) is 5.10 Å². The van der Waals surface area contributed by atoms with E-state index in [-0.39, 0.29) is 5.78 Å². The second-order valence-electron chi connectivity index (χ2n) is 6.16. The number of para-hydroxylation sites is 1. The molecule has 128 valence electrons. The van der Waals surface area contributed by atoms with Crippen molar-refractivity contribution < 1.29 is 9.53 Å². The monoisotopic (exact) mass is 355 g/mol. The van der Waals surface area contributed by atoms with Crippen LogP contribution >= 0.6 is 11.6 Å². The van der Waals surface area contributed by atoms with Gasteiger partial charge in [-0.25, -0.2) is 9.67 Å². The lowest BCUT2D eigenvalue weighted by Crippen LogP contribution is -2.39. The fourth-order valence-electron chi connectivity index (χ4n) is 2.52. The van der Waals surface area contributed by atoms with Crippen LogP contribution in [0.25, 0.3) is 0 Å². The second-order valence-corrected chi connectivity index (χ2v) is 6.59. The number of nitrogens with zero attached hydrogens (tertiary/aromatic N) is 3.